The third kappa shape index (κ3) is 6.02. The van der Waals surface area contributed by atoms with E-state index in [1.807, 2.05) is 24.3 Å². The summed E-state index contributed by atoms with van der Waals surface area (Å²) in [5.74, 6) is 1.04. The van der Waals surface area contributed by atoms with Crippen LogP contribution >= 0.6 is 0 Å². The molecule has 2 aromatic carbocycles. The Hall–Kier alpha value is -2.66. The minimum atomic E-state index is -0.415. The first kappa shape index (κ1) is 23.5. The zero-order valence-corrected chi connectivity index (χ0v) is 20.0. The highest BCUT2D eigenvalue weighted by Crippen LogP contribution is 2.27. The van der Waals surface area contributed by atoms with Gasteiger partial charge in [-0.2, -0.15) is 0 Å². The first-order chi connectivity index (χ1) is 16.0. The minimum absolute atomic E-state index is 0.0214. The summed E-state index contributed by atoms with van der Waals surface area (Å²) in [6, 6.07) is 18.0. The van der Waals surface area contributed by atoms with Gasteiger partial charge in [0.1, 0.15) is 6.04 Å². The Morgan fingerprint density at radius 1 is 1.03 bits per heavy atom. The molecule has 2 amide bonds. The van der Waals surface area contributed by atoms with E-state index in [9.17, 15) is 9.59 Å². The van der Waals surface area contributed by atoms with Gasteiger partial charge in [0.2, 0.25) is 5.91 Å². The molecule has 2 aliphatic rings. The van der Waals surface area contributed by atoms with Gasteiger partial charge in [0.05, 0.1) is 0 Å². The Morgan fingerprint density at radius 2 is 1.73 bits per heavy atom. The second-order valence-electron chi connectivity index (χ2n) is 10.0. The van der Waals surface area contributed by atoms with E-state index in [1.54, 1.807) is 4.90 Å². The quantitative estimate of drug-likeness (QED) is 0.629. The van der Waals surface area contributed by atoms with Crippen molar-refractivity contribution >= 4 is 11.8 Å². The Morgan fingerprint density at radius 3 is 2.42 bits per heavy atom. The van der Waals surface area contributed by atoms with Crippen molar-refractivity contribution in [3.8, 4) is 0 Å². The van der Waals surface area contributed by atoms with E-state index in [0.717, 1.165) is 43.1 Å². The van der Waals surface area contributed by atoms with Crippen molar-refractivity contribution in [2.45, 2.75) is 52.1 Å². The van der Waals surface area contributed by atoms with Crippen LogP contribution < -0.4 is 5.32 Å². The summed E-state index contributed by atoms with van der Waals surface area (Å²) in [5.41, 5.74) is 3.18. The number of nitrogens with one attached hydrogen (secondary N) is 1. The average Bonchev–Trinajstić information content (AvgIpc) is 3.15. The summed E-state index contributed by atoms with van der Waals surface area (Å²) in [6.07, 6.45) is 4.25. The van der Waals surface area contributed by atoms with E-state index < -0.39 is 6.04 Å². The monoisotopic (exact) mass is 447 g/mol. The van der Waals surface area contributed by atoms with Gasteiger partial charge >= 0.3 is 0 Å². The molecule has 5 heteroatoms. The zero-order chi connectivity index (χ0) is 23.2. The summed E-state index contributed by atoms with van der Waals surface area (Å²) in [4.78, 5) is 30.3. The van der Waals surface area contributed by atoms with Gasteiger partial charge in [0.15, 0.2) is 0 Å². The molecule has 176 valence electrons. The fraction of sp³-hybridized carbons (Fsp3) is 0.500. The van der Waals surface area contributed by atoms with Gasteiger partial charge in [-0.15, -0.1) is 0 Å². The number of benzene rings is 2. The molecule has 4 rings (SSSR count). The fourth-order valence-electron chi connectivity index (χ4n) is 5.17. The molecule has 0 unspecified atom stereocenters. The molecule has 0 spiro atoms. The second kappa shape index (κ2) is 11.0. The number of nitrogens with zero attached hydrogens (tertiary/aromatic N) is 2. The largest absolute Gasteiger partial charge is 0.353 e. The lowest BCUT2D eigenvalue weighted by Gasteiger charge is -2.32. The van der Waals surface area contributed by atoms with Crippen molar-refractivity contribution in [3.63, 3.8) is 0 Å². The predicted octanol–water partition coefficient (Wildman–Crippen LogP) is 4.13. The number of rotatable bonds is 9. The molecule has 0 aromatic heterocycles. The number of amides is 2. The number of hydrogen-bond donors (Lipinski definition) is 1. The number of carbonyl (C=O) groups excluding carboxylic acids is 2. The molecule has 0 radical (unpaired) electrons. The maximum atomic E-state index is 13.1. The molecule has 2 heterocycles. The highest BCUT2D eigenvalue weighted by Gasteiger charge is 2.36. The van der Waals surface area contributed by atoms with Crippen LogP contribution in [0.4, 0.5) is 0 Å². The topological polar surface area (TPSA) is 52.7 Å². The summed E-state index contributed by atoms with van der Waals surface area (Å²) in [7, 11) is 0. The van der Waals surface area contributed by atoms with E-state index in [0.29, 0.717) is 25.4 Å². The van der Waals surface area contributed by atoms with Crippen LogP contribution in [0.15, 0.2) is 54.6 Å². The SMILES string of the molecule is CC(C)C[C@@H](C(=O)NCCN1CCC(Cc2ccccc2)CC1)N1Cc2ccccc2C1=O. The summed E-state index contributed by atoms with van der Waals surface area (Å²) in [5, 5.41) is 3.14. The van der Waals surface area contributed by atoms with Crippen LogP contribution in [0.3, 0.4) is 0 Å². The average molecular weight is 448 g/mol. The van der Waals surface area contributed by atoms with E-state index >= 15 is 0 Å². The molecule has 1 atom stereocenters. The van der Waals surface area contributed by atoms with Gasteiger partial charge in [-0.25, -0.2) is 0 Å². The third-order valence-electron chi connectivity index (χ3n) is 7.02. The maximum absolute atomic E-state index is 13.1. The molecule has 1 N–H and O–H groups in total. The van der Waals surface area contributed by atoms with Crippen molar-refractivity contribution in [1.29, 1.82) is 0 Å². The normalized spacial score (nSPS) is 17.9. The number of piperidine rings is 1. The van der Waals surface area contributed by atoms with E-state index in [2.05, 4.69) is 54.4 Å². The van der Waals surface area contributed by atoms with Gasteiger partial charge < -0.3 is 15.1 Å². The van der Waals surface area contributed by atoms with Gasteiger partial charge in [-0.05, 0) is 67.8 Å². The molecule has 2 aromatic rings. The van der Waals surface area contributed by atoms with Crippen molar-refractivity contribution in [2.75, 3.05) is 26.2 Å². The highest BCUT2D eigenvalue weighted by atomic mass is 16.2. The van der Waals surface area contributed by atoms with Crippen LogP contribution in [-0.2, 0) is 17.8 Å². The lowest BCUT2D eigenvalue weighted by molar-refractivity contribution is -0.126. The molecule has 0 saturated carbocycles. The van der Waals surface area contributed by atoms with Crippen LogP contribution in [0.25, 0.3) is 0 Å². The van der Waals surface area contributed by atoms with E-state index in [1.165, 1.54) is 18.4 Å². The van der Waals surface area contributed by atoms with Crippen molar-refractivity contribution < 1.29 is 9.59 Å². The molecule has 0 aliphatic carbocycles. The summed E-state index contributed by atoms with van der Waals surface area (Å²) >= 11 is 0. The molecule has 1 saturated heterocycles. The van der Waals surface area contributed by atoms with Crippen molar-refractivity contribution in [2.24, 2.45) is 11.8 Å². The molecular weight excluding hydrogens is 410 g/mol. The lowest BCUT2D eigenvalue weighted by atomic mass is 9.90. The predicted molar refractivity (Wildman–Crippen MR) is 132 cm³/mol. The first-order valence-electron chi connectivity index (χ1n) is 12.4. The molecule has 0 bridgehead atoms. The highest BCUT2D eigenvalue weighted by molar-refractivity contribution is 6.01. The Bertz CT molecular complexity index is 935. The van der Waals surface area contributed by atoms with Crippen LogP contribution in [0.2, 0.25) is 0 Å². The summed E-state index contributed by atoms with van der Waals surface area (Å²) < 4.78 is 0. The smallest absolute Gasteiger partial charge is 0.255 e. The van der Waals surface area contributed by atoms with E-state index in [4.69, 9.17) is 0 Å². The van der Waals surface area contributed by atoms with Crippen LogP contribution in [0, 0.1) is 11.8 Å². The number of fused-ring (bicyclic) bond motifs is 1. The Labute approximate surface area is 198 Å². The molecular formula is C28H37N3O2. The van der Waals surface area contributed by atoms with Crippen LogP contribution in [0.1, 0.15) is 54.6 Å². The standard InChI is InChI=1S/C28H37N3O2/c1-21(2)18-26(31-20-24-10-6-7-11-25(24)28(31)33)27(32)29-14-17-30-15-12-23(13-16-30)19-22-8-4-3-5-9-22/h3-11,21,23,26H,12-20H2,1-2H3,(H,29,32)/t26-/m0/s1. The molecule has 2 aliphatic heterocycles. The maximum Gasteiger partial charge on any atom is 0.255 e. The zero-order valence-electron chi connectivity index (χ0n) is 20.0. The second-order valence-corrected chi connectivity index (χ2v) is 10.0. The lowest BCUT2D eigenvalue weighted by Crippen LogP contribution is -2.49. The van der Waals surface area contributed by atoms with Gasteiger partial charge in [0.25, 0.3) is 5.91 Å². The number of likely N-dealkylation sites (tertiary alicyclic amines) is 1. The minimum Gasteiger partial charge on any atom is -0.353 e. The van der Waals surface area contributed by atoms with Crippen LogP contribution in [-0.4, -0.2) is 53.8 Å². The summed E-state index contributed by atoms with van der Waals surface area (Å²) in [6.45, 7) is 8.40. The van der Waals surface area contributed by atoms with Gasteiger partial charge in [-0.3, -0.25) is 9.59 Å². The molecule has 5 nitrogen and oxygen atoms in total. The van der Waals surface area contributed by atoms with E-state index in [-0.39, 0.29) is 11.8 Å². The molecule has 1 fully saturated rings. The Balaban J connectivity index is 1.24. The first-order valence-corrected chi connectivity index (χ1v) is 12.4. The van der Waals surface area contributed by atoms with Gasteiger partial charge in [-0.1, -0.05) is 62.4 Å². The number of carbonyl (C=O) groups is 2. The Kier molecular flexibility index (Phi) is 7.81. The molecule has 33 heavy (non-hydrogen) atoms. The third-order valence-corrected chi connectivity index (χ3v) is 7.02. The fourth-order valence-corrected chi connectivity index (χ4v) is 5.17. The number of hydrogen-bond acceptors (Lipinski definition) is 3. The van der Waals surface area contributed by atoms with Crippen molar-refractivity contribution in [3.05, 3.63) is 71.3 Å². The van der Waals surface area contributed by atoms with Crippen LogP contribution in [0.5, 0.6) is 0 Å². The van der Waals surface area contributed by atoms with Gasteiger partial charge in [0, 0.05) is 25.2 Å². The van der Waals surface area contributed by atoms with Crippen molar-refractivity contribution in [1.82, 2.24) is 15.1 Å².